The van der Waals surface area contributed by atoms with Crippen molar-refractivity contribution in [2.45, 2.75) is 39.5 Å². The van der Waals surface area contributed by atoms with Crippen molar-refractivity contribution in [3.8, 4) is 0 Å². The van der Waals surface area contributed by atoms with E-state index in [9.17, 15) is 0 Å². The summed E-state index contributed by atoms with van der Waals surface area (Å²) in [5.74, 6) is 0.896. The lowest BCUT2D eigenvalue weighted by atomic mass is 10.2. The van der Waals surface area contributed by atoms with E-state index in [2.05, 4.69) is 20.2 Å². The van der Waals surface area contributed by atoms with E-state index in [0.717, 1.165) is 30.3 Å². The van der Waals surface area contributed by atoms with Crippen molar-refractivity contribution in [3.63, 3.8) is 0 Å². The van der Waals surface area contributed by atoms with Crippen LogP contribution in [-0.2, 0) is 0 Å². The molecule has 1 aromatic rings. The first kappa shape index (κ1) is 13.3. The Morgan fingerprint density at radius 2 is 1.83 bits per heavy atom. The molecule has 1 aliphatic rings. The zero-order chi connectivity index (χ0) is 12.8. The first-order valence-corrected chi connectivity index (χ1v) is 7.02. The van der Waals surface area contributed by atoms with Crippen LogP contribution in [0.2, 0.25) is 0 Å². The summed E-state index contributed by atoms with van der Waals surface area (Å²) in [4.78, 5) is 11.4. The minimum Gasteiger partial charge on any atom is -0.368 e. The fourth-order valence-electron chi connectivity index (χ4n) is 2.33. The van der Waals surface area contributed by atoms with Crippen LogP contribution >= 0.6 is 0 Å². The van der Waals surface area contributed by atoms with Crippen molar-refractivity contribution in [3.05, 3.63) is 17.6 Å². The summed E-state index contributed by atoms with van der Waals surface area (Å²) in [6.07, 6.45) is 7.32. The summed E-state index contributed by atoms with van der Waals surface area (Å²) in [7, 11) is 0. The van der Waals surface area contributed by atoms with Crippen LogP contribution in [0.1, 0.15) is 37.1 Å². The van der Waals surface area contributed by atoms with Crippen LogP contribution in [0.15, 0.2) is 6.20 Å². The SMILES string of the molecule is Cc1ncc(NCCN2CCCCCC2)nc1C. The Bertz CT molecular complexity index is 370. The number of anilines is 1. The van der Waals surface area contributed by atoms with Gasteiger partial charge in [-0.15, -0.1) is 0 Å². The summed E-state index contributed by atoms with van der Waals surface area (Å²) < 4.78 is 0. The zero-order valence-corrected chi connectivity index (χ0v) is 11.6. The monoisotopic (exact) mass is 248 g/mol. The Labute approximate surface area is 110 Å². The highest BCUT2D eigenvalue weighted by molar-refractivity contribution is 5.33. The molecule has 0 aromatic carbocycles. The highest BCUT2D eigenvalue weighted by Crippen LogP contribution is 2.09. The van der Waals surface area contributed by atoms with Gasteiger partial charge < -0.3 is 10.2 Å². The van der Waals surface area contributed by atoms with E-state index in [1.807, 2.05) is 20.0 Å². The van der Waals surface area contributed by atoms with Crippen LogP contribution in [0.4, 0.5) is 5.82 Å². The Morgan fingerprint density at radius 1 is 1.11 bits per heavy atom. The standard InChI is InChI=1S/C14H24N4/c1-12-13(2)17-14(11-16-12)15-7-10-18-8-5-3-4-6-9-18/h11H,3-10H2,1-2H3,(H,15,17). The maximum absolute atomic E-state index is 4.48. The summed E-state index contributed by atoms with van der Waals surface area (Å²) in [5.41, 5.74) is 2.02. The molecule has 0 atom stereocenters. The van der Waals surface area contributed by atoms with Crippen LogP contribution in [0, 0.1) is 13.8 Å². The van der Waals surface area contributed by atoms with E-state index in [0.29, 0.717) is 0 Å². The Kier molecular flexibility index (Phi) is 4.93. The Morgan fingerprint density at radius 3 is 2.50 bits per heavy atom. The molecule has 0 saturated carbocycles. The molecule has 0 radical (unpaired) electrons. The predicted molar refractivity (Wildman–Crippen MR) is 74.9 cm³/mol. The first-order chi connectivity index (χ1) is 8.75. The molecule has 0 spiro atoms. The van der Waals surface area contributed by atoms with E-state index in [-0.39, 0.29) is 0 Å². The van der Waals surface area contributed by atoms with Gasteiger partial charge in [-0.2, -0.15) is 0 Å². The number of hydrogen-bond donors (Lipinski definition) is 1. The summed E-state index contributed by atoms with van der Waals surface area (Å²) >= 11 is 0. The fraction of sp³-hybridized carbons (Fsp3) is 0.714. The highest BCUT2D eigenvalue weighted by atomic mass is 15.1. The molecular formula is C14H24N4. The molecule has 0 amide bonds. The normalized spacial score (nSPS) is 17.4. The second-order valence-corrected chi connectivity index (χ2v) is 5.11. The third kappa shape index (κ3) is 3.95. The molecule has 100 valence electrons. The molecule has 2 rings (SSSR count). The molecule has 4 nitrogen and oxygen atoms in total. The topological polar surface area (TPSA) is 41.1 Å². The van der Waals surface area contributed by atoms with E-state index >= 15 is 0 Å². The average Bonchev–Trinajstić information content (AvgIpc) is 2.62. The third-order valence-corrected chi connectivity index (χ3v) is 3.63. The Balaban J connectivity index is 1.75. The van der Waals surface area contributed by atoms with E-state index in [1.54, 1.807) is 0 Å². The lowest BCUT2D eigenvalue weighted by molar-refractivity contribution is 0.296. The second-order valence-electron chi connectivity index (χ2n) is 5.11. The van der Waals surface area contributed by atoms with E-state index in [1.165, 1.54) is 38.8 Å². The third-order valence-electron chi connectivity index (χ3n) is 3.63. The summed E-state index contributed by atoms with van der Waals surface area (Å²) in [6, 6.07) is 0. The molecule has 1 fully saturated rings. The summed E-state index contributed by atoms with van der Waals surface area (Å²) in [6.45, 7) is 8.55. The van der Waals surface area contributed by atoms with Crippen LogP contribution in [0.3, 0.4) is 0 Å². The van der Waals surface area contributed by atoms with Gasteiger partial charge in [0.1, 0.15) is 5.82 Å². The molecule has 0 aliphatic carbocycles. The van der Waals surface area contributed by atoms with Gasteiger partial charge >= 0.3 is 0 Å². The maximum atomic E-state index is 4.48. The maximum Gasteiger partial charge on any atom is 0.144 e. The van der Waals surface area contributed by atoms with E-state index < -0.39 is 0 Å². The minimum absolute atomic E-state index is 0.896. The van der Waals surface area contributed by atoms with Gasteiger partial charge in [-0.05, 0) is 39.8 Å². The highest BCUT2D eigenvalue weighted by Gasteiger charge is 2.08. The molecule has 1 aliphatic heterocycles. The van der Waals surface area contributed by atoms with Gasteiger partial charge in [-0.1, -0.05) is 12.8 Å². The average molecular weight is 248 g/mol. The first-order valence-electron chi connectivity index (χ1n) is 7.02. The van der Waals surface area contributed by atoms with Crippen molar-refractivity contribution in [2.75, 3.05) is 31.5 Å². The van der Waals surface area contributed by atoms with Gasteiger partial charge in [0.2, 0.25) is 0 Å². The molecule has 18 heavy (non-hydrogen) atoms. The minimum atomic E-state index is 0.896. The molecule has 1 saturated heterocycles. The second kappa shape index (κ2) is 6.69. The van der Waals surface area contributed by atoms with Gasteiger partial charge in [-0.3, -0.25) is 4.98 Å². The molecule has 1 N–H and O–H groups in total. The largest absolute Gasteiger partial charge is 0.368 e. The smallest absolute Gasteiger partial charge is 0.144 e. The molecule has 1 aromatic heterocycles. The number of hydrogen-bond acceptors (Lipinski definition) is 4. The number of nitrogens with zero attached hydrogens (tertiary/aromatic N) is 3. The van der Waals surface area contributed by atoms with E-state index in [4.69, 9.17) is 0 Å². The lowest BCUT2D eigenvalue weighted by Crippen LogP contribution is -2.30. The van der Waals surface area contributed by atoms with Crippen LogP contribution < -0.4 is 5.32 Å². The molecule has 4 heteroatoms. The van der Waals surface area contributed by atoms with Crippen molar-refractivity contribution < 1.29 is 0 Å². The van der Waals surface area contributed by atoms with Crippen molar-refractivity contribution in [1.29, 1.82) is 0 Å². The lowest BCUT2D eigenvalue weighted by Gasteiger charge is -2.19. The quantitative estimate of drug-likeness (QED) is 0.888. The van der Waals surface area contributed by atoms with Gasteiger partial charge in [0.15, 0.2) is 0 Å². The van der Waals surface area contributed by atoms with Gasteiger partial charge in [0.25, 0.3) is 0 Å². The van der Waals surface area contributed by atoms with Crippen LogP contribution in [0.25, 0.3) is 0 Å². The van der Waals surface area contributed by atoms with Crippen molar-refractivity contribution in [1.82, 2.24) is 14.9 Å². The van der Waals surface area contributed by atoms with Crippen LogP contribution in [-0.4, -0.2) is 41.0 Å². The van der Waals surface area contributed by atoms with Crippen molar-refractivity contribution >= 4 is 5.82 Å². The van der Waals surface area contributed by atoms with Gasteiger partial charge in [0.05, 0.1) is 17.6 Å². The predicted octanol–water partition coefficient (Wildman–Crippen LogP) is 2.38. The number of aromatic nitrogens is 2. The Hall–Kier alpha value is -1.16. The fourth-order valence-corrected chi connectivity index (χ4v) is 2.33. The van der Waals surface area contributed by atoms with Crippen LogP contribution in [0.5, 0.6) is 0 Å². The molecule has 0 bridgehead atoms. The zero-order valence-electron chi connectivity index (χ0n) is 11.6. The molecular weight excluding hydrogens is 224 g/mol. The molecule has 2 heterocycles. The number of rotatable bonds is 4. The number of aryl methyl sites for hydroxylation is 2. The summed E-state index contributed by atoms with van der Waals surface area (Å²) in [5, 5.41) is 3.37. The van der Waals surface area contributed by atoms with Crippen molar-refractivity contribution in [2.24, 2.45) is 0 Å². The van der Waals surface area contributed by atoms with Gasteiger partial charge in [0, 0.05) is 13.1 Å². The van der Waals surface area contributed by atoms with Gasteiger partial charge in [-0.25, -0.2) is 4.98 Å². The molecule has 0 unspecified atom stereocenters. The number of likely N-dealkylation sites (tertiary alicyclic amines) is 1. The number of nitrogens with one attached hydrogen (secondary N) is 1.